The number of carbonyl (C=O) groups is 1. The van der Waals surface area contributed by atoms with Gasteiger partial charge in [0.15, 0.2) is 0 Å². The van der Waals surface area contributed by atoms with Crippen LogP contribution in [0.3, 0.4) is 0 Å². The van der Waals surface area contributed by atoms with Crippen LogP contribution in [0.25, 0.3) is 0 Å². The minimum Gasteiger partial charge on any atom is -0.387 e. The number of aliphatic hydroxyl groups excluding tert-OH is 1. The van der Waals surface area contributed by atoms with Crippen molar-refractivity contribution >= 4 is 13.7 Å². The summed E-state index contributed by atoms with van der Waals surface area (Å²) in [5, 5.41) is 14.0. The molecule has 0 spiro atoms. The van der Waals surface area contributed by atoms with Gasteiger partial charge in [-0.05, 0) is 109 Å². The molecule has 3 atom stereocenters. The average Bonchev–Trinajstić information content (AvgIpc) is 3.70. The molecule has 3 N–H and O–H groups in total. The van der Waals surface area contributed by atoms with E-state index in [9.17, 15) is 19.4 Å². The Kier molecular flexibility index (Phi) is 62.6. The topological polar surface area (TPSA) is 105 Å². The van der Waals surface area contributed by atoms with Crippen molar-refractivity contribution in [3.8, 4) is 0 Å². The molecule has 0 aliphatic rings. The number of allylic oxidation sites excluding steroid dienone is 25. The molecule has 0 aliphatic carbocycles. The third-order valence-electron chi connectivity index (χ3n) is 14.8. The molecule has 9 heteroatoms. The Morgan fingerprint density at radius 2 is 0.698 bits per heavy atom. The molecule has 0 rings (SSSR count). The summed E-state index contributed by atoms with van der Waals surface area (Å²) < 4.78 is 23.8. The summed E-state index contributed by atoms with van der Waals surface area (Å²) in [6.07, 6.45) is 102. The molecule has 0 aromatic rings. The fraction of sp³-hybridized carbons (Fsp3) is 0.649. The van der Waals surface area contributed by atoms with Crippen LogP contribution >= 0.6 is 7.82 Å². The van der Waals surface area contributed by atoms with Gasteiger partial charge >= 0.3 is 7.82 Å². The molecule has 0 saturated carbocycles. The Bertz CT molecular complexity index is 1960. The van der Waals surface area contributed by atoms with Crippen molar-refractivity contribution in [3.63, 3.8) is 0 Å². The predicted molar refractivity (Wildman–Crippen MR) is 377 cm³/mol. The molecule has 490 valence electrons. The van der Waals surface area contributed by atoms with E-state index in [1.807, 2.05) is 27.2 Å². The zero-order valence-corrected chi connectivity index (χ0v) is 56.9. The lowest BCUT2D eigenvalue weighted by Gasteiger charge is -2.25. The van der Waals surface area contributed by atoms with Crippen LogP contribution in [0, 0.1) is 0 Å². The van der Waals surface area contributed by atoms with E-state index in [0.29, 0.717) is 17.4 Å². The third-order valence-corrected chi connectivity index (χ3v) is 15.7. The smallest absolute Gasteiger partial charge is 0.387 e. The van der Waals surface area contributed by atoms with E-state index in [4.69, 9.17) is 9.05 Å². The lowest BCUT2D eigenvalue weighted by Crippen LogP contribution is -2.45. The SMILES string of the molecule is CC/C=C\C/C=C\C/C=C\C/C=C\C/C=C\C/C=C\C/C=C\C/C=C\C/C=C\C/C=C\C/C=C\C/C=C\CCCCCCC(=O)NC(COP(=O)(O)OCC[N+](C)(C)C)C(O)/C=C/CCCCCCCCCCCCCCCCCCCCCCC. The summed E-state index contributed by atoms with van der Waals surface area (Å²) in [6.45, 7) is 4.69. The van der Waals surface area contributed by atoms with Crippen molar-refractivity contribution in [2.24, 2.45) is 0 Å². The number of quaternary nitrogens is 1. The number of nitrogens with zero attached hydrogens (tertiary/aromatic N) is 1. The van der Waals surface area contributed by atoms with E-state index in [2.05, 4.69) is 165 Å². The van der Waals surface area contributed by atoms with E-state index >= 15 is 0 Å². The summed E-state index contributed by atoms with van der Waals surface area (Å²) in [5.74, 6) is -0.205. The molecule has 0 aromatic heterocycles. The first kappa shape index (κ1) is 82.1. The number of unbranched alkanes of at least 4 members (excludes halogenated alkanes) is 25. The van der Waals surface area contributed by atoms with Gasteiger partial charge in [-0.15, -0.1) is 0 Å². The highest BCUT2D eigenvalue weighted by Crippen LogP contribution is 2.43. The quantitative estimate of drug-likeness (QED) is 0.0243. The normalized spacial score (nSPS) is 14.6. The zero-order chi connectivity index (χ0) is 62.6. The molecule has 0 saturated heterocycles. The van der Waals surface area contributed by atoms with Gasteiger partial charge in [-0.25, -0.2) is 4.57 Å². The first-order valence-corrected chi connectivity index (χ1v) is 36.4. The largest absolute Gasteiger partial charge is 0.472 e. The molecular weight excluding hydrogens is 1080 g/mol. The highest BCUT2D eigenvalue weighted by molar-refractivity contribution is 7.47. The standard InChI is InChI=1S/C77H131N2O6P/c1-6-8-10-12-14-16-18-20-22-24-26-28-30-31-32-33-34-35-36-37-38-39-40-41-42-43-44-45-46-47-49-51-53-55-57-59-61-63-65-67-69-71-77(81)78-75(74-85-86(82,83)84-73-72-79(3,4)5)76(80)70-68-66-64-62-60-58-56-54-52-50-48-29-27-25-23-21-19-17-15-13-11-9-7-2/h8,10,14,16,20,22,26,28,31-32,34-35,37-38,40-41,43-44,46-47,51,53,57,59,68,70,75-76,80H,6-7,9,11-13,15,17-19,21,23-25,27,29-30,33,36,39,42,45,48-50,52,54-56,58,60-67,69,71-74H2,1-5H3,(H-,78,81,82,83)/p+1/b10-8-,16-14-,22-20-,28-26-,32-31-,35-34-,38-37-,41-40-,44-43-,47-46-,53-51-,59-57-,70-68+. The zero-order valence-electron chi connectivity index (χ0n) is 56.0. The molecule has 86 heavy (non-hydrogen) atoms. The van der Waals surface area contributed by atoms with Crippen LogP contribution in [-0.4, -0.2) is 73.4 Å². The van der Waals surface area contributed by atoms with Gasteiger partial charge in [0.05, 0.1) is 39.9 Å². The van der Waals surface area contributed by atoms with Gasteiger partial charge in [-0.1, -0.05) is 313 Å². The summed E-state index contributed by atoms with van der Waals surface area (Å²) >= 11 is 0. The van der Waals surface area contributed by atoms with Gasteiger partial charge in [0.1, 0.15) is 13.2 Å². The Balaban J connectivity index is 4.21. The van der Waals surface area contributed by atoms with Crippen molar-refractivity contribution in [2.45, 2.75) is 283 Å². The van der Waals surface area contributed by atoms with Crippen LogP contribution in [0.1, 0.15) is 271 Å². The number of phosphoric ester groups is 1. The minimum atomic E-state index is -4.37. The molecule has 1 amide bonds. The average molecular weight is 1210 g/mol. The molecule has 0 aromatic carbocycles. The van der Waals surface area contributed by atoms with Crippen LogP contribution < -0.4 is 5.32 Å². The van der Waals surface area contributed by atoms with E-state index in [1.54, 1.807) is 6.08 Å². The van der Waals surface area contributed by atoms with E-state index in [0.717, 1.165) is 128 Å². The van der Waals surface area contributed by atoms with Gasteiger partial charge in [0.2, 0.25) is 5.91 Å². The fourth-order valence-electron chi connectivity index (χ4n) is 9.38. The first-order chi connectivity index (χ1) is 42.0. The molecule has 0 heterocycles. The van der Waals surface area contributed by atoms with Crippen LogP contribution in [0.4, 0.5) is 0 Å². The molecule has 0 radical (unpaired) electrons. The summed E-state index contributed by atoms with van der Waals surface area (Å²) in [7, 11) is 1.54. The van der Waals surface area contributed by atoms with Crippen molar-refractivity contribution in [1.82, 2.24) is 5.32 Å². The first-order valence-electron chi connectivity index (χ1n) is 34.9. The molecule has 0 bridgehead atoms. The number of likely N-dealkylation sites (N-methyl/N-ethyl adjacent to an activating group) is 1. The second-order valence-corrected chi connectivity index (χ2v) is 25.6. The van der Waals surface area contributed by atoms with Crippen molar-refractivity contribution in [2.75, 3.05) is 40.9 Å². The lowest BCUT2D eigenvalue weighted by molar-refractivity contribution is -0.870. The van der Waals surface area contributed by atoms with E-state index in [1.165, 1.54) is 122 Å². The van der Waals surface area contributed by atoms with Gasteiger partial charge in [-0.3, -0.25) is 13.8 Å². The third kappa shape index (κ3) is 67.6. The summed E-state index contributed by atoms with van der Waals surface area (Å²) in [4.78, 5) is 23.4. The van der Waals surface area contributed by atoms with E-state index < -0.39 is 20.0 Å². The maximum absolute atomic E-state index is 13.0. The fourth-order valence-corrected chi connectivity index (χ4v) is 10.1. The highest BCUT2D eigenvalue weighted by atomic mass is 31.2. The van der Waals surface area contributed by atoms with Crippen molar-refractivity contribution in [1.29, 1.82) is 0 Å². The van der Waals surface area contributed by atoms with Gasteiger partial charge in [0.25, 0.3) is 0 Å². The number of hydrogen-bond acceptors (Lipinski definition) is 5. The van der Waals surface area contributed by atoms with Crippen LogP contribution in [-0.2, 0) is 18.4 Å². The van der Waals surface area contributed by atoms with Gasteiger partial charge in [-0.2, -0.15) is 0 Å². The number of aliphatic hydroxyl groups is 1. The number of phosphoric acid groups is 1. The molecule has 8 nitrogen and oxygen atoms in total. The summed E-state index contributed by atoms with van der Waals surface area (Å²) in [6, 6.07) is -0.873. The maximum atomic E-state index is 13.0. The Hall–Kier alpha value is -3.88. The molecule has 0 aliphatic heterocycles. The second-order valence-electron chi connectivity index (χ2n) is 24.2. The van der Waals surface area contributed by atoms with E-state index in [-0.39, 0.29) is 19.1 Å². The number of hydrogen-bond donors (Lipinski definition) is 3. The number of rotatable bonds is 62. The number of carbonyl (C=O) groups excluding carboxylic acids is 1. The Morgan fingerprint density at radius 1 is 0.407 bits per heavy atom. The maximum Gasteiger partial charge on any atom is 0.472 e. The highest BCUT2D eigenvalue weighted by Gasteiger charge is 2.28. The Morgan fingerprint density at radius 3 is 1.02 bits per heavy atom. The monoisotopic (exact) mass is 1210 g/mol. The van der Waals surface area contributed by atoms with Gasteiger partial charge in [0, 0.05) is 6.42 Å². The van der Waals surface area contributed by atoms with Gasteiger partial charge < -0.3 is 19.8 Å². The van der Waals surface area contributed by atoms with Crippen LogP contribution in [0.5, 0.6) is 0 Å². The molecule has 0 fully saturated rings. The number of nitrogens with one attached hydrogen (secondary N) is 1. The minimum absolute atomic E-state index is 0.0485. The van der Waals surface area contributed by atoms with Crippen LogP contribution in [0.2, 0.25) is 0 Å². The molecule has 3 unspecified atom stereocenters. The predicted octanol–water partition coefficient (Wildman–Crippen LogP) is 22.5. The molecular formula is C77H132N2O6P+. The van der Waals surface area contributed by atoms with Crippen LogP contribution in [0.15, 0.2) is 158 Å². The second kappa shape index (κ2) is 65.6. The van der Waals surface area contributed by atoms with Crippen molar-refractivity contribution < 1.29 is 32.9 Å². The Labute approximate surface area is 531 Å². The van der Waals surface area contributed by atoms with Crippen molar-refractivity contribution in [3.05, 3.63) is 158 Å². The number of amides is 1. The lowest BCUT2D eigenvalue weighted by atomic mass is 10.0. The summed E-state index contributed by atoms with van der Waals surface area (Å²) in [5.41, 5.74) is 0.